The van der Waals surface area contributed by atoms with Crippen molar-refractivity contribution >= 4 is 50.1 Å². The Balaban J connectivity index is 1.97. The standard InChI is InChI=1S/C12H11BrFN3OS2/c1-2-9(18)15-11-16-17-12(20-11)19-6-7-4-3-5-8(13)10(7)14/h3-5H,2,6H2,1H3,(H,15,16,18). The van der Waals surface area contributed by atoms with E-state index in [0.29, 0.717) is 31.7 Å². The molecule has 0 unspecified atom stereocenters. The van der Waals surface area contributed by atoms with Crippen molar-refractivity contribution in [1.82, 2.24) is 10.2 Å². The fraction of sp³-hybridized carbons (Fsp3) is 0.250. The summed E-state index contributed by atoms with van der Waals surface area (Å²) in [4.78, 5) is 11.2. The largest absolute Gasteiger partial charge is 0.301 e. The Hall–Kier alpha value is -0.990. The molecule has 1 heterocycles. The van der Waals surface area contributed by atoms with Crippen LogP contribution in [0.3, 0.4) is 0 Å². The van der Waals surface area contributed by atoms with E-state index in [-0.39, 0.29) is 11.7 Å². The van der Waals surface area contributed by atoms with Gasteiger partial charge in [0, 0.05) is 12.2 Å². The van der Waals surface area contributed by atoms with Gasteiger partial charge in [-0.05, 0) is 27.6 Å². The smallest absolute Gasteiger partial charge is 0.225 e. The number of aromatic nitrogens is 2. The fourth-order valence-corrected chi connectivity index (χ4v) is 3.48. The van der Waals surface area contributed by atoms with E-state index in [9.17, 15) is 9.18 Å². The topological polar surface area (TPSA) is 54.9 Å². The first-order chi connectivity index (χ1) is 9.60. The van der Waals surface area contributed by atoms with Crippen molar-refractivity contribution < 1.29 is 9.18 Å². The molecule has 1 aromatic carbocycles. The Kier molecular flexibility index (Phi) is 5.50. The summed E-state index contributed by atoms with van der Waals surface area (Å²) in [5.74, 6) is 0.0986. The summed E-state index contributed by atoms with van der Waals surface area (Å²) >= 11 is 5.82. The molecule has 0 aliphatic heterocycles. The second kappa shape index (κ2) is 7.14. The van der Waals surface area contributed by atoms with Crippen LogP contribution in [0.5, 0.6) is 0 Å². The molecule has 0 saturated carbocycles. The highest BCUT2D eigenvalue weighted by atomic mass is 79.9. The second-order valence-electron chi connectivity index (χ2n) is 3.78. The number of halogens is 2. The number of benzene rings is 1. The number of rotatable bonds is 5. The van der Waals surface area contributed by atoms with Crippen molar-refractivity contribution in [2.24, 2.45) is 0 Å². The fourth-order valence-electron chi connectivity index (χ4n) is 1.33. The van der Waals surface area contributed by atoms with Crippen molar-refractivity contribution in [1.29, 1.82) is 0 Å². The number of nitrogens with one attached hydrogen (secondary N) is 1. The van der Waals surface area contributed by atoms with Crippen molar-refractivity contribution in [3.8, 4) is 0 Å². The van der Waals surface area contributed by atoms with Crippen molar-refractivity contribution in [3.63, 3.8) is 0 Å². The van der Waals surface area contributed by atoms with Gasteiger partial charge >= 0.3 is 0 Å². The third kappa shape index (κ3) is 4.00. The van der Waals surface area contributed by atoms with Crippen LogP contribution >= 0.6 is 39.0 Å². The molecule has 0 aliphatic carbocycles. The monoisotopic (exact) mass is 375 g/mol. The molecule has 20 heavy (non-hydrogen) atoms. The van der Waals surface area contributed by atoms with E-state index in [1.807, 2.05) is 0 Å². The molecule has 0 bridgehead atoms. The summed E-state index contributed by atoms with van der Waals surface area (Å²) in [7, 11) is 0. The molecule has 0 spiro atoms. The van der Waals surface area contributed by atoms with E-state index >= 15 is 0 Å². The summed E-state index contributed by atoms with van der Waals surface area (Å²) in [6.07, 6.45) is 0.394. The Morgan fingerprint density at radius 1 is 1.50 bits per heavy atom. The molecule has 0 fully saturated rings. The maximum atomic E-state index is 13.8. The quantitative estimate of drug-likeness (QED) is 0.631. The third-order valence-electron chi connectivity index (χ3n) is 2.36. The first-order valence-corrected chi connectivity index (χ1v) is 8.38. The molecule has 1 amide bonds. The van der Waals surface area contributed by atoms with Crippen LogP contribution in [-0.4, -0.2) is 16.1 Å². The molecule has 2 rings (SSSR count). The van der Waals surface area contributed by atoms with Crippen molar-refractivity contribution in [3.05, 3.63) is 34.1 Å². The second-order valence-corrected chi connectivity index (χ2v) is 6.83. The lowest BCUT2D eigenvalue weighted by Gasteiger charge is -2.02. The van der Waals surface area contributed by atoms with Crippen LogP contribution in [-0.2, 0) is 10.5 Å². The molecule has 4 nitrogen and oxygen atoms in total. The number of nitrogens with zero attached hydrogens (tertiary/aromatic N) is 2. The highest BCUT2D eigenvalue weighted by Crippen LogP contribution is 2.30. The van der Waals surface area contributed by atoms with Gasteiger partial charge < -0.3 is 5.32 Å². The molecule has 0 aliphatic rings. The van der Waals surface area contributed by atoms with Gasteiger partial charge in [-0.25, -0.2) is 4.39 Å². The van der Waals surface area contributed by atoms with E-state index in [2.05, 4.69) is 31.4 Å². The Bertz CT molecular complexity index is 620. The number of amides is 1. The predicted octanol–water partition coefficient (Wildman–Crippen LogP) is 4.08. The molecule has 1 N–H and O–H groups in total. The van der Waals surface area contributed by atoms with Crippen LogP contribution in [0.2, 0.25) is 0 Å². The van der Waals surface area contributed by atoms with Crippen LogP contribution < -0.4 is 5.32 Å². The van der Waals surface area contributed by atoms with Gasteiger partial charge in [0.25, 0.3) is 0 Å². The van der Waals surface area contributed by atoms with E-state index in [4.69, 9.17) is 0 Å². The highest BCUT2D eigenvalue weighted by Gasteiger charge is 2.10. The van der Waals surface area contributed by atoms with Crippen LogP contribution in [0.4, 0.5) is 9.52 Å². The number of hydrogen-bond donors (Lipinski definition) is 1. The SMILES string of the molecule is CCC(=O)Nc1nnc(SCc2cccc(Br)c2F)s1. The first kappa shape index (κ1) is 15.4. The number of carbonyl (C=O) groups excluding carboxylic acids is 1. The lowest BCUT2D eigenvalue weighted by atomic mass is 10.2. The molecule has 8 heteroatoms. The predicted molar refractivity (Wildman–Crippen MR) is 82.5 cm³/mol. The van der Waals surface area contributed by atoms with Gasteiger partial charge in [0.1, 0.15) is 5.82 Å². The minimum atomic E-state index is -0.260. The zero-order chi connectivity index (χ0) is 14.5. The van der Waals surface area contributed by atoms with Gasteiger partial charge in [-0.15, -0.1) is 10.2 Å². The Morgan fingerprint density at radius 2 is 2.30 bits per heavy atom. The lowest BCUT2D eigenvalue weighted by Crippen LogP contribution is -2.08. The molecule has 0 atom stereocenters. The van der Waals surface area contributed by atoms with Crippen LogP contribution in [0.25, 0.3) is 0 Å². The number of thioether (sulfide) groups is 1. The zero-order valence-corrected chi connectivity index (χ0v) is 13.7. The summed E-state index contributed by atoms with van der Waals surface area (Å²) < 4.78 is 14.9. The molecule has 1 aromatic heterocycles. The molecule has 2 aromatic rings. The minimum absolute atomic E-state index is 0.101. The van der Waals surface area contributed by atoms with Crippen molar-refractivity contribution in [2.75, 3.05) is 5.32 Å². The van der Waals surface area contributed by atoms with E-state index in [1.54, 1.807) is 25.1 Å². The summed E-state index contributed by atoms with van der Waals surface area (Å²) in [6, 6.07) is 5.18. The third-order valence-corrected chi connectivity index (χ3v) is 4.99. The number of carbonyl (C=O) groups is 1. The van der Waals surface area contributed by atoms with Crippen LogP contribution in [0.1, 0.15) is 18.9 Å². The molecule has 106 valence electrons. The van der Waals surface area contributed by atoms with Gasteiger partial charge in [0.05, 0.1) is 4.47 Å². The molecular weight excluding hydrogens is 365 g/mol. The minimum Gasteiger partial charge on any atom is -0.301 e. The maximum absolute atomic E-state index is 13.8. The van der Waals surface area contributed by atoms with Gasteiger partial charge in [-0.3, -0.25) is 4.79 Å². The van der Waals surface area contributed by atoms with Gasteiger partial charge in [-0.1, -0.05) is 42.2 Å². The number of anilines is 1. The average Bonchev–Trinajstić information content (AvgIpc) is 2.88. The van der Waals surface area contributed by atoms with Crippen LogP contribution in [0.15, 0.2) is 27.0 Å². The first-order valence-electron chi connectivity index (χ1n) is 5.79. The molecule has 0 radical (unpaired) electrons. The normalized spacial score (nSPS) is 10.6. The van der Waals surface area contributed by atoms with Gasteiger partial charge in [0.15, 0.2) is 4.34 Å². The average molecular weight is 376 g/mol. The summed E-state index contributed by atoms with van der Waals surface area (Å²) in [5.41, 5.74) is 0.596. The highest BCUT2D eigenvalue weighted by molar-refractivity contribution is 9.10. The molecule has 0 saturated heterocycles. The number of hydrogen-bond acceptors (Lipinski definition) is 5. The summed E-state index contributed by atoms with van der Waals surface area (Å²) in [5, 5.41) is 10.9. The van der Waals surface area contributed by atoms with Gasteiger partial charge in [-0.2, -0.15) is 0 Å². The lowest BCUT2D eigenvalue weighted by molar-refractivity contribution is -0.115. The van der Waals surface area contributed by atoms with Gasteiger partial charge in [0.2, 0.25) is 11.0 Å². The van der Waals surface area contributed by atoms with E-state index < -0.39 is 0 Å². The van der Waals surface area contributed by atoms with Crippen LogP contribution in [0, 0.1) is 5.82 Å². The Morgan fingerprint density at radius 3 is 3.05 bits per heavy atom. The Labute approximate surface area is 132 Å². The molecular formula is C12H11BrFN3OS2. The zero-order valence-electron chi connectivity index (χ0n) is 10.5. The van der Waals surface area contributed by atoms with Crippen molar-refractivity contribution in [2.45, 2.75) is 23.4 Å². The van der Waals surface area contributed by atoms with E-state index in [0.717, 1.165) is 0 Å². The maximum Gasteiger partial charge on any atom is 0.225 e. The van der Waals surface area contributed by atoms with E-state index in [1.165, 1.54) is 23.1 Å². The summed E-state index contributed by atoms with van der Waals surface area (Å²) in [6.45, 7) is 1.77.